The number of hydrogen-bond acceptors (Lipinski definition) is 5. The Labute approximate surface area is 137 Å². The van der Waals surface area contributed by atoms with Gasteiger partial charge in [0, 0.05) is 18.6 Å². The largest absolute Gasteiger partial charge is 0.373 e. The van der Waals surface area contributed by atoms with Gasteiger partial charge >= 0.3 is 0 Å². The van der Waals surface area contributed by atoms with E-state index in [9.17, 15) is 14.4 Å². The van der Waals surface area contributed by atoms with Crippen molar-refractivity contribution in [3.63, 3.8) is 0 Å². The second-order valence-electron chi connectivity index (χ2n) is 7.02. The topological polar surface area (TPSA) is 72.9 Å². The summed E-state index contributed by atoms with van der Waals surface area (Å²) in [6.07, 6.45) is 3.66. The van der Waals surface area contributed by atoms with Gasteiger partial charge < -0.3 is 14.3 Å². The Hall–Kier alpha value is -1.53. The third kappa shape index (κ3) is 7.05. The first-order valence-electron chi connectivity index (χ1n) is 7.83. The van der Waals surface area contributed by atoms with Crippen LogP contribution in [0.5, 0.6) is 0 Å². The summed E-state index contributed by atoms with van der Waals surface area (Å²) in [6, 6.07) is 0. The Morgan fingerprint density at radius 3 is 2.13 bits per heavy atom. The highest BCUT2D eigenvalue weighted by molar-refractivity contribution is 6.12. The van der Waals surface area contributed by atoms with Gasteiger partial charge in [-0.2, -0.15) is 0 Å². The predicted molar refractivity (Wildman–Crippen MR) is 85.8 cm³/mol. The van der Waals surface area contributed by atoms with Crippen LogP contribution in [0.2, 0.25) is 0 Å². The fourth-order valence-corrected chi connectivity index (χ4v) is 2.02. The zero-order valence-electron chi connectivity index (χ0n) is 14.7. The lowest BCUT2D eigenvalue weighted by molar-refractivity contribution is -0.143. The van der Waals surface area contributed by atoms with Crippen LogP contribution in [0.15, 0.2) is 12.2 Å². The van der Waals surface area contributed by atoms with Crippen molar-refractivity contribution in [3.05, 3.63) is 12.2 Å². The van der Waals surface area contributed by atoms with Gasteiger partial charge in [-0.15, -0.1) is 0 Å². The maximum atomic E-state index is 11.4. The van der Waals surface area contributed by atoms with Gasteiger partial charge in [0.1, 0.15) is 5.78 Å². The van der Waals surface area contributed by atoms with E-state index in [1.807, 2.05) is 27.7 Å². The van der Waals surface area contributed by atoms with E-state index in [4.69, 9.17) is 9.47 Å². The van der Waals surface area contributed by atoms with Gasteiger partial charge in [0.25, 0.3) is 11.8 Å². The van der Waals surface area contributed by atoms with Gasteiger partial charge in [0.2, 0.25) is 0 Å². The number of imide groups is 1. The van der Waals surface area contributed by atoms with Gasteiger partial charge in [0.05, 0.1) is 31.0 Å². The minimum atomic E-state index is -0.549. The SMILES string of the molecule is CC(=O)CCC(C)(C)OCC(C)(C)OCCN1C(=O)C=CC1=O. The summed E-state index contributed by atoms with van der Waals surface area (Å²) in [6.45, 7) is 10.1. The molecule has 0 aromatic rings. The van der Waals surface area contributed by atoms with Crippen LogP contribution in [0.4, 0.5) is 0 Å². The van der Waals surface area contributed by atoms with Crippen LogP contribution < -0.4 is 0 Å². The third-order valence-corrected chi connectivity index (χ3v) is 3.60. The van der Waals surface area contributed by atoms with E-state index >= 15 is 0 Å². The highest BCUT2D eigenvalue weighted by Crippen LogP contribution is 2.21. The highest BCUT2D eigenvalue weighted by Gasteiger charge is 2.27. The zero-order chi connectivity index (χ0) is 17.7. The summed E-state index contributed by atoms with van der Waals surface area (Å²) in [5, 5.41) is 0. The van der Waals surface area contributed by atoms with Crippen LogP contribution in [-0.2, 0) is 23.9 Å². The fraction of sp³-hybridized carbons (Fsp3) is 0.706. The highest BCUT2D eigenvalue weighted by atomic mass is 16.6. The molecular formula is C17H27NO5. The molecule has 0 aromatic heterocycles. The first kappa shape index (κ1) is 19.5. The van der Waals surface area contributed by atoms with Gasteiger partial charge in [-0.25, -0.2) is 0 Å². The molecule has 1 aliphatic heterocycles. The van der Waals surface area contributed by atoms with Gasteiger partial charge in [-0.3, -0.25) is 14.5 Å². The molecule has 23 heavy (non-hydrogen) atoms. The van der Waals surface area contributed by atoms with E-state index in [0.717, 1.165) is 4.90 Å². The molecule has 0 N–H and O–H groups in total. The standard InChI is InChI=1S/C17H27NO5/c1-13(19)8-9-16(2,3)23-12-17(4,5)22-11-10-18-14(20)6-7-15(18)21/h6-7H,8-12H2,1-5H3. The number of carbonyl (C=O) groups excluding carboxylic acids is 3. The number of carbonyl (C=O) groups is 3. The Bertz CT molecular complexity index is 475. The summed E-state index contributed by atoms with van der Waals surface area (Å²) < 4.78 is 11.6. The van der Waals surface area contributed by atoms with E-state index < -0.39 is 11.2 Å². The van der Waals surface area contributed by atoms with Crippen LogP contribution in [0.1, 0.15) is 47.5 Å². The van der Waals surface area contributed by atoms with Crippen molar-refractivity contribution in [2.45, 2.75) is 58.7 Å². The van der Waals surface area contributed by atoms with Crippen LogP contribution in [0.3, 0.4) is 0 Å². The van der Waals surface area contributed by atoms with Gasteiger partial charge in [0.15, 0.2) is 0 Å². The molecule has 1 aliphatic rings. The lowest BCUT2D eigenvalue weighted by Crippen LogP contribution is -2.40. The molecule has 0 atom stereocenters. The molecule has 1 rings (SSSR count). The zero-order valence-corrected chi connectivity index (χ0v) is 14.7. The van der Waals surface area contributed by atoms with E-state index in [-0.39, 0.29) is 30.7 Å². The second-order valence-corrected chi connectivity index (χ2v) is 7.02. The predicted octanol–water partition coefficient (Wildman–Crippen LogP) is 1.87. The molecule has 0 saturated carbocycles. The summed E-state index contributed by atoms with van der Waals surface area (Å²) in [7, 11) is 0. The second kappa shape index (κ2) is 7.84. The number of rotatable bonds is 10. The van der Waals surface area contributed by atoms with Crippen molar-refractivity contribution < 1.29 is 23.9 Å². The molecule has 6 nitrogen and oxygen atoms in total. The molecular weight excluding hydrogens is 298 g/mol. The summed E-state index contributed by atoms with van der Waals surface area (Å²) >= 11 is 0. The van der Waals surface area contributed by atoms with Crippen LogP contribution in [0.25, 0.3) is 0 Å². The molecule has 130 valence electrons. The Morgan fingerprint density at radius 2 is 1.61 bits per heavy atom. The average Bonchev–Trinajstić information content (AvgIpc) is 2.75. The maximum absolute atomic E-state index is 11.4. The third-order valence-electron chi connectivity index (χ3n) is 3.60. The Kier molecular flexibility index (Phi) is 6.65. The number of ether oxygens (including phenoxy) is 2. The summed E-state index contributed by atoms with van der Waals surface area (Å²) in [5.74, 6) is -0.471. The molecule has 2 amide bonds. The normalized spacial score (nSPS) is 15.6. The number of amides is 2. The molecule has 0 saturated heterocycles. The van der Waals surface area contributed by atoms with Gasteiger partial charge in [-0.05, 0) is 41.0 Å². The van der Waals surface area contributed by atoms with E-state index in [1.165, 1.54) is 12.2 Å². The number of nitrogens with zero attached hydrogens (tertiary/aromatic N) is 1. The van der Waals surface area contributed by atoms with Crippen LogP contribution >= 0.6 is 0 Å². The quantitative estimate of drug-likeness (QED) is 0.573. The molecule has 0 aromatic carbocycles. The van der Waals surface area contributed by atoms with Crippen LogP contribution in [0, 0.1) is 0 Å². The monoisotopic (exact) mass is 325 g/mol. The minimum Gasteiger partial charge on any atom is -0.373 e. The van der Waals surface area contributed by atoms with Crippen molar-refractivity contribution in [2.24, 2.45) is 0 Å². The molecule has 0 radical (unpaired) electrons. The molecule has 0 bridgehead atoms. The van der Waals surface area contributed by atoms with E-state index in [1.54, 1.807) is 6.92 Å². The number of Topliss-reactive ketones (excluding diaryl/α,β-unsaturated/α-hetero) is 1. The minimum absolute atomic E-state index is 0.144. The fourth-order valence-electron chi connectivity index (χ4n) is 2.02. The molecule has 0 fully saturated rings. The maximum Gasteiger partial charge on any atom is 0.253 e. The first-order valence-corrected chi connectivity index (χ1v) is 7.83. The van der Waals surface area contributed by atoms with Crippen molar-refractivity contribution in [1.82, 2.24) is 4.90 Å². The average molecular weight is 325 g/mol. The number of ketones is 1. The van der Waals surface area contributed by atoms with E-state index in [2.05, 4.69) is 0 Å². The Balaban J connectivity index is 2.34. The van der Waals surface area contributed by atoms with Crippen molar-refractivity contribution in [2.75, 3.05) is 19.8 Å². The molecule has 1 heterocycles. The van der Waals surface area contributed by atoms with E-state index in [0.29, 0.717) is 19.4 Å². The molecule has 6 heteroatoms. The van der Waals surface area contributed by atoms with Crippen LogP contribution in [-0.4, -0.2) is 53.5 Å². The van der Waals surface area contributed by atoms with Crippen molar-refractivity contribution in [3.8, 4) is 0 Å². The summed E-state index contributed by atoms with van der Waals surface area (Å²) in [4.78, 5) is 35.1. The van der Waals surface area contributed by atoms with Crippen molar-refractivity contribution >= 4 is 17.6 Å². The lowest BCUT2D eigenvalue weighted by Gasteiger charge is -2.32. The first-order chi connectivity index (χ1) is 10.5. The molecule has 0 unspecified atom stereocenters. The lowest BCUT2D eigenvalue weighted by atomic mass is 10.0. The molecule has 0 spiro atoms. The Morgan fingerprint density at radius 1 is 1.04 bits per heavy atom. The smallest absolute Gasteiger partial charge is 0.253 e. The van der Waals surface area contributed by atoms with Crippen molar-refractivity contribution in [1.29, 1.82) is 0 Å². The summed E-state index contributed by atoms with van der Waals surface area (Å²) in [5.41, 5.74) is -0.955. The molecule has 0 aliphatic carbocycles. The van der Waals surface area contributed by atoms with Gasteiger partial charge in [-0.1, -0.05) is 0 Å². The number of hydrogen-bond donors (Lipinski definition) is 0.